The molecule has 2 nitrogen and oxygen atoms in total. The zero-order chi connectivity index (χ0) is 14.7. The van der Waals surface area contributed by atoms with Crippen molar-refractivity contribution in [1.82, 2.24) is 5.32 Å². The van der Waals surface area contributed by atoms with Crippen molar-refractivity contribution < 1.29 is 9.13 Å². The summed E-state index contributed by atoms with van der Waals surface area (Å²) in [5.74, 6) is 0.431. The number of benzene rings is 2. The normalized spacial score (nSPS) is 12.2. The molecule has 0 saturated carbocycles. The van der Waals surface area contributed by atoms with Gasteiger partial charge in [-0.05, 0) is 48.9 Å². The minimum Gasteiger partial charge on any atom is -0.495 e. The van der Waals surface area contributed by atoms with E-state index in [1.165, 1.54) is 6.07 Å². The summed E-state index contributed by atoms with van der Waals surface area (Å²) >= 11 is 6.04. The number of hydrogen-bond donors (Lipinski definition) is 1. The van der Waals surface area contributed by atoms with Crippen LogP contribution >= 0.6 is 11.6 Å². The second kappa shape index (κ2) is 6.25. The number of hydrogen-bond acceptors (Lipinski definition) is 2. The highest BCUT2D eigenvalue weighted by Crippen LogP contribution is 2.30. The van der Waals surface area contributed by atoms with Gasteiger partial charge in [0.05, 0.1) is 18.2 Å². The molecule has 1 unspecified atom stereocenters. The summed E-state index contributed by atoms with van der Waals surface area (Å²) in [4.78, 5) is 0. The van der Waals surface area contributed by atoms with E-state index in [1.807, 2.05) is 25.2 Å². The highest BCUT2D eigenvalue weighted by Gasteiger charge is 2.15. The number of aryl methyl sites for hydroxylation is 1. The van der Waals surface area contributed by atoms with Gasteiger partial charge in [0.25, 0.3) is 0 Å². The third-order valence-electron chi connectivity index (χ3n) is 3.31. The molecule has 2 aromatic carbocycles. The van der Waals surface area contributed by atoms with E-state index in [4.69, 9.17) is 16.3 Å². The number of halogens is 2. The largest absolute Gasteiger partial charge is 0.495 e. The highest BCUT2D eigenvalue weighted by atomic mass is 35.5. The Balaban J connectivity index is 2.43. The standard InChI is InChI=1S/C16H17ClFNO/c1-10-8-11(5-7-14(10)18)16(19-2)12-4-6-13(17)15(9-12)20-3/h4-9,16,19H,1-3H3. The van der Waals surface area contributed by atoms with Crippen LogP contribution in [0.2, 0.25) is 5.02 Å². The van der Waals surface area contributed by atoms with Crippen LogP contribution in [0.1, 0.15) is 22.7 Å². The maximum atomic E-state index is 13.4. The third-order valence-corrected chi connectivity index (χ3v) is 3.62. The Kier molecular flexibility index (Phi) is 4.63. The predicted octanol–water partition coefficient (Wildman–Crippen LogP) is 4.10. The molecule has 4 heteroatoms. The summed E-state index contributed by atoms with van der Waals surface area (Å²) in [7, 11) is 3.45. The van der Waals surface area contributed by atoms with Crippen molar-refractivity contribution in [2.75, 3.05) is 14.2 Å². The van der Waals surface area contributed by atoms with Crippen molar-refractivity contribution in [2.24, 2.45) is 0 Å². The molecule has 0 saturated heterocycles. The van der Waals surface area contributed by atoms with Gasteiger partial charge in [-0.15, -0.1) is 0 Å². The molecular weight excluding hydrogens is 277 g/mol. The molecule has 0 spiro atoms. The van der Waals surface area contributed by atoms with E-state index in [0.717, 1.165) is 11.1 Å². The summed E-state index contributed by atoms with van der Waals surface area (Å²) in [6.45, 7) is 1.76. The molecule has 0 amide bonds. The summed E-state index contributed by atoms with van der Waals surface area (Å²) in [6, 6.07) is 10.7. The first-order chi connectivity index (χ1) is 9.56. The second-order valence-electron chi connectivity index (χ2n) is 4.62. The van der Waals surface area contributed by atoms with Gasteiger partial charge in [-0.1, -0.05) is 29.8 Å². The smallest absolute Gasteiger partial charge is 0.137 e. The molecular formula is C16H17ClFNO. The third kappa shape index (κ3) is 2.94. The maximum absolute atomic E-state index is 13.4. The Morgan fingerprint density at radius 3 is 2.40 bits per heavy atom. The van der Waals surface area contributed by atoms with Gasteiger partial charge in [0.15, 0.2) is 0 Å². The zero-order valence-electron chi connectivity index (χ0n) is 11.7. The monoisotopic (exact) mass is 293 g/mol. The summed E-state index contributed by atoms with van der Waals surface area (Å²) < 4.78 is 18.6. The molecule has 106 valence electrons. The van der Waals surface area contributed by atoms with Crippen molar-refractivity contribution in [2.45, 2.75) is 13.0 Å². The van der Waals surface area contributed by atoms with Gasteiger partial charge >= 0.3 is 0 Å². The molecule has 0 aliphatic rings. The molecule has 0 bridgehead atoms. The van der Waals surface area contributed by atoms with Gasteiger partial charge in [-0.2, -0.15) is 0 Å². The molecule has 0 aliphatic carbocycles. The SMILES string of the molecule is CNC(c1ccc(F)c(C)c1)c1ccc(Cl)c(OC)c1. The summed E-state index contributed by atoms with van der Waals surface area (Å²) in [6.07, 6.45) is 0. The van der Waals surface area contributed by atoms with Crippen LogP contribution < -0.4 is 10.1 Å². The molecule has 0 radical (unpaired) electrons. The number of rotatable bonds is 4. The van der Waals surface area contributed by atoms with Crippen LogP contribution in [0.4, 0.5) is 4.39 Å². The minimum atomic E-state index is -0.197. The first-order valence-electron chi connectivity index (χ1n) is 6.33. The predicted molar refractivity (Wildman–Crippen MR) is 80.0 cm³/mol. The van der Waals surface area contributed by atoms with Crippen LogP contribution in [0.25, 0.3) is 0 Å². The van der Waals surface area contributed by atoms with Gasteiger partial charge in [0, 0.05) is 0 Å². The molecule has 1 N–H and O–H groups in total. The van der Waals surface area contributed by atoms with Crippen molar-refractivity contribution in [3.63, 3.8) is 0 Å². The Labute approximate surface area is 123 Å². The van der Waals surface area contributed by atoms with Crippen LogP contribution in [0.3, 0.4) is 0 Å². The fourth-order valence-corrected chi connectivity index (χ4v) is 2.42. The molecule has 20 heavy (non-hydrogen) atoms. The lowest BCUT2D eigenvalue weighted by molar-refractivity contribution is 0.414. The van der Waals surface area contributed by atoms with Crippen molar-refractivity contribution in [3.8, 4) is 5.75 Å². The molecule has 0 fully saturated rings. The van der Waals surface area contributed by atoms with E-state index < -0.39 is 0 Å². The van der Waals surface area contributed by atoms with Gasteiger partial charge in [0.2, 0.25) is 0 Å². The average molecular weight is 294 g/mol. The van der Waals surface area contributed by atoms with Crippen LogP contribution in [0.15, 0.2) is 36.4 Å². The topological polar surface area (TPSA) is 21.3 Å². The molecule has 0 heterocycles. The van der Waals surface area contributed by atoms with E-state index in [-0.39, 0.29) is 11.9 Å². The fraction of sp³-hybridized carbons (Fsp3) is 0.250. The first-order valence-corrected chi connectivity index (χ1v) is 6.71. The highest BCUT2D eigenvalue weighted by molar-refractivity contribution is 6.32. The van der Waals surface area contributed by atoms with Crippen LogP contribution in [0.5, 0.6) is 5.75 Å². The second-order valence-corrected chi connectivity index (χ2v) is 5.03. The Morgan fingerprint density at radius 2 is 1.80 bits per heavy atom. The van der Waals surface area contributed by atoms with Crippen LogP contribution in [0, 0.1) is 12.7 Å². The van der Waals surface area contributed by atoms with Crippen molar-refractivity contribution >= 4 is 11.6 Å². The lowest BCUT2D eigenvalue weighted by Crippen LogP contribution is -2.18. The number of methoxy groups -OCH3 is 1. The van der Waals surface area contributed by atoms with Gasteiger partial charge in [-0.3, -0.25) is 0 Å². The molecule has 1 atom stereocenters. The average Bonchev–Trinajstić information content (AvgIpc) is 2.45. The Hall–Kier alpha value is -1.58. The number of ether oxygens (including phenoxy) is 1. The van der Waals surface area contributed by atoms with Crippen molar-refractivity contribution in [1.29, 1.82) is 0 Å². The van der Waals surface area contributed by atoms with E-state index >= 15 is 0 Å². The molecule has 2 rings (SSSR count). The summed E-state index contributed by atoms with van der Waals surface area (Å²) in [5, 5.41) is 3.80. The Bertz CT molecular complexity index is 615. The minimum absolute atomic E-state index is 0.0412. The Morgan fingerprint density at radius 1 is 1.15 bits per heavy atom. The van der Waals surface area contributed by atoms with Gasteiger partial charge in [-0.25, -0.2) is 4.39 Å². The van der Waals surface area contributed by atoms with E-state index in [0.29, 0.717) is 16.3 Å². The molecule has 0 aromatic heterocycles. The molecule has 0 aliphatic heterocycles. The van der Waals surface area contributed by atoms with Crippen LogP contribution in [-0.2, 0) is 0 Å². The lowest BCUT2D eigenvalue weighted by atomic mass is 9.97. The summed E-state index contributed by atoms with van der Waals surface area (Å²) in [5.41, 5.74) is 2.64. The molecule has 2 aromatic rings. The zero-order valence-corrected chi connectivity index (χ0v) is 12.5. The van der Waals surface area contributed by atoms with Gasteiger partial charge in [0.1, 0.15) is 11.6 Å². The fourth-order valence-electron chi connectivity index (χ4n) is 2.23. The van der Waals surface area contributed by atoms with Crippen molar-refractivity contribution in [3.05, 3.63) is 63.9 Å². The van der Waals surface area contributed by atoms with E-state index in [2.05, 4.69) is 5.32 Å². The van der Waals surface area contributed by atoms with E-state index in [9.17, 15) is 4.39 Å². The van der Waals surface area contributed by atoms with Crippen LogP contribution in [-0.4, -0.2) is 14.2 Å². The quantitative estimate of drug-likeness (QED) is 0.916. The number of nitrogens with one attached hydrogen (secondary N) is 1. The lowest BCUT2D eigenvalue weighted by Gasteiger charge is -2.19. The maximum Gasteiger partial charge on any atom is 0.137 e. The van der Waals surface area contributed by atoms with Gasteiger partial charge < -0.3 is 10.1 Å². The van der Waals surface area contributed by atoms with E-state index in [1.54, 1.807) is 26.2 Å². The first kappa shape index (κ1) is 14.8.